The molecule has 9 nitrogen and oxygen atoms in total. The number of amides is 6. The molecule has 3 heterocycles. The van der Waals surface area contributed by atoms with Crippen molar-refractivity contribution in [3.63, 3.8) is 0 Å². The van der Waals surface area contributed by atoms with E-state index in [1.54, 1.807) is 12.1 Å². The summed E-state index contributed by atoms with van der Waals surface area (Å²) in [6.45, 7) is 3.87. The number of urea groups is 1. The number of fused-ring (bicyclic) bond motifs is 2. The van der Waals surface area contributed by atoms with Crippen LogP contribution in [0.1, 0.15) is 20.3 Å². The van der Waals surface area contributed by atoms with Gasteiger partial charge in [-0.2, -0.15) is 0 Å². The van der Waals surface area contributed by atoms with Gasteiger partial charge in [0.15, 0.2) is 5.54 Å². The second-order valence-corrected chi connectivity index (χ2v) is 8.35. The third-order valence-corrected chi connectivity index (χ3v) is 5.90. The van der Waals surface area contributed by atoms with Gasteiger partial charge >= 0.3 is 6.03 Å². The molecule has 152 valence electrons. The molecular weight excluding hydrogens is 400 g/mol. The van der Waals surface area contributed by atoms with E-state index >= 15 is 0 Å². The number of nitrogens with one attached hydrogen (secondary N) is 3. The molecule has 0 aromatic heterocycles. The topological polar surface area (TPSA) is 125 Å². The van der Waals surface area contributed by atoms with Crippen molar-refractivity contribution >= 4 is 46.9 Å². The molecule has 3 aliphatic rings. The standard InChI is InChI=1S/C19H19ClN4O5/c1-8(2)7-11-12-13(19(23-11)16(27)21-18(29)22-17(19)28)15(26)24(14(12)25)10-5-3-9(20)4-6-10/h3-6,8,11-13,23H,7H2,1-2H3,(H2,21,22,27,28,29)/t11-,12-,13-/m0/s1. The predicted molar refractivity (Wildman–Crippen MR) is 102 cm³/mol. The van der Waals surface area contributed by atoms with Crippen molar-refractivity contribution in [2.75, 3.05) is 4.90 Å². The lowest BCUT2D eigenvalue weighted by molar-refractivity contribution is -0.145. The second-order valence-electron chi connectivity index (χ2n) is 7.92. The lowest BCUT2D eigenvalue weighted by Crippen LogP contribution is -2.74. The average Bonchev–Trinajstić information content (AvgIpc) is 3.09. The third-order valence-electron chi connectivity index (χ3n) is 5.64. The fourth-order valence-corrected chi connectivity index (χ4v) is 4.66. The minimum atomic E-state index is -2.02. The van der Waals surface area contributed by atoms with Crippen LogP contribution in [0.25, 0.3) is 0 Å². The van der Waals surface area contributed by atoms with Gasteiger partial charge in [-0.05, 0) is 36.6 Å². The number of carbonyl (C=O) groups is 5. The Balaban J connectivity index is 1.82. The molecule has 0 aliphatic carbocycles. The highest BCUT2D eigenvalue weighted by molar-refractivity contribution is 6.32. The van der Waals surface area contributed by atoms with Gasteiger partial charge in [-0.25, -0.2) is 9.69 Å². The molecule has 0 radical (unpaired) electrons. The van der Waals surface area contributed by atoms with E-state index in [2.05, 4.69) is 16.0 Å². The SMILES string of the molecule is CC(C)C[C@@H]1NC2(C(=O)NC(=O)NC2=O)[C@@H]2C(=O)N(c3ccc(Cl)cc3)C(=O)[C@@H]12. The third kappa shape index (κ3) is 2.76. The molecule has 29 heavy (non-hydrogen) atoms. The first kappa shape index (κ1) is 19.5. The molecule has 6 amide bonds. The molecule has 3 saturated heterocycles. The van der Waals surface area contributed by atoms with E-state index < -0.39 is 53.1 Å². The number of hydrogen-bond donors (Lipinski definition) is 3. The number of carbonyl (C=O) groups excluding carboxylic acids is 5. The summed E-state index contributed by atoms with van der Waals surface area (Å²) in [6, 6.07) is 4.61. The van der Waals surface area contributed by atoms with Gasteiger partial charge in [0.2, 0.25) is 11.8 Å². The fraction of sp³-hybridized carbons (Fsp3) is 0.421. The van der Waals surface area contributed by atoms with Gasteiger partial charge in [-0.15, -0.1) is 0 Å². The van der Waals surface area contributed by atoms with Crippen LogP contribution in [0.4, 0.5) is 10.5 Å². The van der Waals surface area contributed by atoms with Gasteiger partial charge in [0.25, 0.3) is 11.8 Å². The Morgan fingerprint density at radius 3 is 2.14 bits per heavy atom. The van der Waals surface area contributed by atoms with Crippen molar-refractivity contribution in [3.8, 4) is 0 Å². The number of barbiturate groups is 1. The van der Waals surface area contributed by atoms with Crippen LogP contribution >= 0.6 is 11.6 Å². The Kier molecular flexibility index (Phi) is 4.47. The largest absolute Gasteiger partial charge is 0.328 e. The van der Waals surface area contributed by atoms with Crippen molar-refractivity contribution in [2.45, 2.75) is 31.8 Å². The highest BCUT2D eigenvalue weighted by atomic mass is 35.5. The first-order valence-electron chi connectivity index (χ1n) is 9.24. The molecular formula is C19H19ClN4O5. The highest BCUT2D eigenvalue weighted by Crippen LogP contribution is 2.46. The van der Waals surface area contributed by atoms with Gasteiger partial charge in [0.05, 0.1) is 17.5 Å². The molecule has 0 saturated carbocycles. The van der Waals surface area contributed by atoms with Gasteiger partial charge in [-0.3, -0.25) is 35.1 Å². The Bertz CT molecular complexity index is 924. The molecule has 10 heteroatoms. The number of benzene rings is 1. The summed E-state index contributed by atoms with van der Waals surface area (Å²) in [6.07, 6.45) is 0.463. The zero-order valence-electron chi connectivity index (χ0n) is 15.7. The predicted octanol–water partition coefficient (Wildman–Crippen LogP) is 0.568. The summed E-state index contributed by atoms with van der Waals surface area (Å²) in [5, 5.41) is 7.48. The van der Waals surface area contributed by atoms with Crippen LogP contribution in [0, 0.1) is 17.8 Å². The van der Waals surface area contributed by atoms with Crippen LogP contribution in [0.2, 0.25) is 5.02 Å². The lowest BCUT2D eigenvalue weighted by Gasteiger charge is -2.34. The summed E-state index contributed by atoms with van der Waals surface area (Å²) in [5.74, 6) is -5.05. The maximum absolute atomic E-state index is 13.3. The van der Waals surface area contributed by atoms with Crippen LogP contribution in [-0.4, -0.2) is 41.2 Å². The number of hydrogen-bond acceptors (Lipinski definition) is 6. The summed E-state index contributed by atoms with van der Waals surface area (Å²) in [5.41, 5.74) is -1.71. The Morgan fingerprint density at radius 1 is 1.00 bits per heavy atom. The zero-order valence-corrected chi connectivity index (χ0v) is 16.4. The molecule has 1 aromatic rings. The van der Waals surface area contributed by atoms with Gasteiger partial charge in [-0.1, -0.05) is 25.4 Å². The molecule has 4 rings (SSSR count). The number of imide groups is 3. The van der Waals surface area contributed by atoms with Crippen molar-refractivity contribution in [1.29, 1.82) is 0 Å². The van der Waals surface area contributed by atoms with E-state index in [4.69, 9.17) is 11.6 Å². The van der Waals surface area contributed by atoms with Crippen molar-refractivity contribution in [1.82, 2.24) is 16.0 Å². The molecule has 3 atom stereocenters. The number of anilines is 1. The minimum absolute atomic E-state index is 0.132. The van der Waals surface area contributed by atoms with E-state index in [1.807, 2.05) is 13.8 Å². The van der Waals surface area contributed by atoms with Gasteiger partial charge < -0.3 is 0 Å². The normalized spacial score (nSPS) is 28.2. The number of halogens is 1. The molecule has 0 bridgehead atoms. The van der Waals surface area contributed by atoms with E-state index in [-0.39, 0.29) is 5.92 Å². The maximum Gasteiger partial charge on any atom is 0.328 e. The summed E-state index contributed by atoms with van der Waals surface area (Å²) < 4.78 is 0. The summed E-state index contributed by atoms with van der Waals surface area (Å²) in [7, 11) is 0. The van der Waals surface area contributed by atoms with Gasteiger partial charge in [0.1, 0.15) is 0 Å². The van der Waals surface area contributed by atoms with E-state index in [9.17, 15) is 24.0 Å². The molecule has 1 spiro atoms. The molecule has 0 unspecified atom stereocenters. The quantitative estimate of drug-likeness (QED) is 0.487. The zero-order chi connectivity index (χ0) is 21.1. The monoisotopic (exact) mass is 418 g/mol. The van der Waals surface area contributed by atoms with E-state index in [1.165, 1.54) is 12.1 Å². The summed E-state index contributed by atoms with van der Waals surface area (Å²) in [4.78, 5) is 64.8. The Morgan fingerprint density at radius 2 is 1.59 bits per heavy atom. The van der Waals surface area contributed by atoms with E-state index in [0.29, 0.717) is 17.1 Å². The first-order valence-corrected chi connectivity index (χ1v) is 9.62. The van der Waals surface area contributed by atoms with Crippen LogP contribution < -0.4 is 20.9 Å². The van der Waals surface area contributed by atoms with Crippen LogP contribution in [0.3, 0.4) is 0 Å². The fourth-order valence-electron chi connectivity index (χ4n) is 4.53. The van der Waals surface area contributed by atoms with Crippen LogP contribution in [0.15, 0.2) is 24.3 Å². The van der Waals surface area contributed by atoms with Crippen molar-refractivity contribution < 1.29 is 24.0 Å². The smallest absolute Gasteiger partial charge is 0.291 e. The highest BCUT2D eigenvalue weighted by Gasteiger charge is 2.72. The average molecular weight is 419 g/mol. The molecule has 3 aliphatic heterocycles. The Labute approximate surface area is 171 Å². The van der Waals surface area contributed by atoms with Crippen molar-refractivity contribution in [3.05, 3.63) is 29.3 Å². The lowest BCUT2D eigenvalue weighted by atomic mass is 9.77. The van der Waals surface area contributed by atoms with Crippen molar-refractivity contribution in [2.24, 2.45) is 17.8 Å². The van der Waals surface area contributed by atoms with Crippen LogP contribution in [0.5, 0.6) is 0 Å². The number of nitrogens with zero attached hydrogens (tertiary/aromatic N) is 1. The van der Waals surface area contributed by atoms with Gasteiger partial charge in [0, 0.05) is 11.1 Å². The maximum atomic E-state index is 13.3. The summed E-state index contributed by atoms with van der Waals surface area (Å²) >= 11 is 5.90. The number of rotatable bonds is 3. The molecule has 3 N–H and O–H groups in total. The second kappa shape index (κ2) is 6.64. The molecule has 1 aromatic carbocycles. The Hall–Kier alpha value is -2.78. The van der Waals surface area contributed by atoms with Crippen LogP contribution in [-0.2, 0) is 19.2 Å². The van der Waals surface area contributed by atoms with E-state index in [0.717, 1.165) is 4.90 Å². The first-order chi connectivity index (χ1) is 13.7. The molecule has 3 fully saturated rings. The minimum Gasteiger partial charge on any atom is -0.291 e.